The number of hydrogen-bond acceptors (Lipinski definition) is 3. The van der Waals surface area contributed by atoms with Gasteiger partial charge in [-0.1, -0.05) is 17.7 Å². The van der Waals surface area contributed by atoms with Crippen LogP contribution in [0.4, 0.5) is 4.79 Å². The molecule has 1 fully saturated rings. The number of ether oxygens (including phenoxy) is 2. The number of hydrogen-bond donors (Lipinski definition) is 1. The Balaban J connectivity index is 1.54. The topological polar surface area (TPSA) is 50.8 Å². The molecule has 2 unspecified atom stereocenters. The van der Waals surface area contributed by atoms with E-state index < -0.39 is 0 Å². The number of urea groups is 1. The van der Waals surface area contributed by atoms with E-state index in [1.54, 1.807) is 14.2 Å². The van der Waals surface area contributed by atoms with E-state index in [9.17, 15) is 4.79 Å². The van der Waals surface area contributed by atoms with Crippen LogP contribution in [0.2, 0.25) is 5.02 Å². The van der Waals surface area contributed by atoms with E-state index in [0.29, 0.717) is 0 Å². The third kappa shape index (κ3) is 3.51. The summed E-state index contributed by atoms with van der Waals surface area (Å²) >= 11 is 6.10. The maximum Gasteiger partial charge on any atom is 0.318 e. The van der Waals surface area contributed by atoms with Gasteiger partial charge in [-0.2, -0.15) is 0 Å². The molecule has 2 amide bonds. The van der Waals surface area contributed by atoms with Crippen molar-refractivity contribution in [2.45, 2.75) is 37.8 Å². The molecule has 28 heavy (non-hydrogen) atoms. The first-order chi connectivity index (χ1) is 13.6. The van der Waals surface area contributed by atoms with Gasteiger partial charge < -0.3 is 19.7 Å². The van der Waals surface area contributed by atoms with E-state index in [-0.39, 0.29) is 18.1 Å². The average molecular weight is 401 g/mol. The summed E-state index contributed by atoms with van der Waals surface area (Å²) in [6.07, 6.45) is 3.72. The van der Waals surface area contributed by atoms with Gasteiger partial charge in [0.25, 0.3) is 0 Å². The quantitative estimate of drug-likeness (QED) is 0.794. The molecule has 0 spiro atoms. The second-order valence-corrected chi connectivity index (χ2v) is 7.78. The summed E-state index contributed by atoms with van der Waals surface area (Å²) < 4.78 is 10.9. The van der Waals surface area contributed by atoms with Crippen LogP contribution in [0, 0.1) is 0 Å². The van der Waals surface area contributed by atoms with E-state index in [1.807, 2.05) is 41.3 Å². The van der Waals surface area contributed by atoms with Crippen molar-refractivity contribution in [1.29, 1.82) is 0 Å². The van der Waals surface area contributed by atoms with Gasteiger partial charge in [0.15, 0.2) is 0 Å². The molecule has 2 aromatic rings. The number of likely N-dealkylation sites (tertiary alicyclic amines) is 1. The molecule has 2 aliphatic rings. The Hall–Kier alpha value is -2.40. The fourth-order valence-electron chi connectivity index (χ4n) is 4.40. The van der Waals surface area contributed by atoms with Gasteiger partial charge in [0.05, 0.1) is 26.3 Å². The molecule has 5 nitrogen and oxygen atoms in total. The highest BCUT2D eigenvalue weighted by molar-refractivity contribution is 6.30. The van der Waals surface area contributed by atoms with Crippen molar-refractivity contribution in [3.63, 3.8) is 0 Å². The van der Waals surface area contributed by atoms with E-state index >= 15 is 0 Å². The number of carbonyl (C=O) groups excluding carboxylic acids is 1. The van der Waals surface area contributed by atoms with Crippen LogP contribution in [0.3, 0.4) is 0 Å². The monoisotopic (exact) mass is 400 g/mol. The van der Waals surface area contributed by atoms with Crippen molar-refractivity contribution in [2.24, 2.45) is 0 Å². The predicted octanol–water partition coefficient (Wildman–Crippen LogP) is 4.89. The highest BCUT2D eigenvalue weighted by atomic mass is 35.5. The van der Waals surface area contributed by atoms with Crippen LogP contribution in [0.25, 0.3) is 0 Å². The normalized spacial score (nSPS) is 20.8. The first-order valence-electron chi connectivity index (χ1n) is 9.68. The summed E-state index contributed by atoms with van der Waals surface area (Å²) in [7, 11) is 3.31. The summed E-state index contributed by atoms with van der Waals surface area (Å²) in [6, 6.07) is 11.7. The molecule has 1 heterocycles. The van der Waals surface area contributed by atoms with Gasteiger partial charge in [0, 0.05) is 17.1 Å². The van der Waals surface area contributed by atoms with Gasteiger partial charge in [-0.3, -0.25) is 0 Å². The molecule has 1 aliphatic carbocycles. The number of benzene rings is 2. The van der Waals surface area contributed by atoms with E-state index in [4.69, 9.17) is 21.1 Å². The maximum absolute atomic E-state index is 13.1. The summed E-state index contributed by atoms with van der Waals surface area (Å²) in [5.41, 5.74) is 3.39. The Labute approximate surface area is 170 Å². The minimum Gasteiger partial charge on any atom is -0.497 e. The summed E-state index contributed by atoms with van der Waals surface area (Å²) in [5.74, 6) is 1.55. The molecule has 0 aromatic heterocycles. The van der Waals surface area contributed by atoms with Crippen molar-refractivity contribution in [3.8, 4) is 11.5 Å². The summed E-state index contributed by atoms with van der Waals surface area (Å²) in [6.45, 7) is 0.733. The smallest absolute Gasteiger partial charge is 0.318 e. The molecule has 0 radical (unpaired) electrons. The highest BCUT2D eigenvalue weighted by Crippen LogP contribution is 2.40. The summed E-state index contributed by atoms with van der Waals surface area (Å²) in [5, 5.41) is 3.98. The fourth-order valence-corrected chi connectivity index (χ4v) is 4.60. The second-order valence-electron chi connectivity index (χ2n) is 7.34. The first-order valence-corrected chi connectivity index (χ1v) is 10.1. The average Bonchev–Trinajstić information content (AvgIpc) is 3.34. The van der Waals surface area contributed by atoms with Crippen molar-refractivity contribution >= 4 is 17.6 Å². The number of nitrogens with one attached hydrogen (secondary N) is 1. The lowest BCUT2D eigenvalue weighted by Crippen LogP contribution is -2.40. The maximum atomic E-state index is 13.1. The number of carbonyl (C=O) groups is 1. The van der Waals surface area contributed by atoms with E-state index in [0.717, 1.165) is 54.3 Å². The van der Waals surface area contributed by atoms with Crippen molar-refractivity contribution in [2.75, 3.05) is 20.8 Å². The van der Waals surface area contributed by atoms with Gasteiger partial charge in [0.2, 0.25) is 0 Å². The highest BCUT2D eigenvalue weighted by Gasteiger charge is 2.34. The number of aryl methyl sites for hydroxylation is 1. The van der Waals surface area contributed by atoms with Crippen LogP contribution < -0.4 is 14.8 Å². The zero-order valence-corrected chi connectivity index (χ0v) is 17.0. The van der Waals surface area contributed by atoms with Crippen molar-refractivity contribution in [1.82, 2.24) is 10.2 Å². The Morgan fingerprint density at radius 3 is 2.75 bits per heavy atom. The third-order valence-electron chi connectivity index (χ3n) is 5.79. The van der Waals surface area contributed by atoms with Crippen molar-refractivity contribution in [3.05, 3.63) is 58.1 Å². The van der Waals surface area contributed by atoms with Crippen LogP contribution in [0.15, 0.2) is 36.4 Å². The molecule has 2 aromatic carbocycles. The minimum absolute atomic E-state index is 0.0175. The van der Waals surface area contributed by atoms with Crippen LogP contribution in [0.5, 0.6) is 11.5 Å². The number of nitrogens with zero attached hydrogens (tertiary/aromatic N) is 1. The Bertz CT molecular complexity index is 886. The lowest BCUT2D eigenvalue weighted by atomic mass is 10.0. The van der Waals surface area contributed by atoms with Crippen LogP contribution in [-0.4, -0.2) is 31.7 Å². The Kier molecular flexibility index (Phi) is 5.36. The molecule has 0 bridgehead atoms. The Morgan fingerprint density at radius 2 is 1.96 bits per heavy atom. The predicted molar refractivity (Wildman–Crippen MR) is 109 cm³/mol. The number of methoxy groups -OCH3 is 2. The van der Waals surface area contributed by atoms with Crippen LogP contribution >= 0.6 is 11.6 Å². The molecule has 1 aliphatic heterocycles. The SMILES string of the molecule is COc1ccc(OC)c(C2CCCN2C(=O)NC2CCc3cc(Cl)ccc32)c1. The van der Waals surface area contributed by atoms with Gasteiger partial charge >= 0.3 is 6.03 Å². The zero-order chi connectivity index (χ0) is 19.7. The molecular formula is C22H25ClN2O3. The number of rotatable bonds is 4. The standard InChI is InChI=1S/C22H25ClN2O3/c1-27-16-7-10-21(28-2)18(13-16)20-4-3-11-25(20)22(26)24-19-9-5-14-12-15(23)6-8-17(14)19/h6-8,10,12-13,19-20H,3-5,9,11H2,1-2H3,(H,24,26). The number of amides is 2. The molecule has 0 saturated carbocycles. The molecular weight excluding hydrogens is 376 g/mol. The van der Waals surface area contributed by atoms with Crippen LogP contribution in [0.1, 0.15) is 48.0 Å². The van der Waals surface area contributed by atoms with Crippen LogP contribution in [-0.2, 0) is 6.42 Å². The van der Waals surface area contributed by atoms with E-state index in [1.165, 1.54) is 11.1 Å². The number of halogens is 1. The lowest BCUT2D eigenvalue weighted by molar-refractivity contribution is 0.188. The zero-order valence-electron chi connectivity index (χ0n) is 16.2. The second kappa shape index (κ2) is 7.92. The molecule has 4 rings (SSSR count). The van der Waals surface area contributed by atoms with Crippen molar-refractivity contribution < 1.29 is 14.3 Å². The van der Waals surface area contributed by atoms with Gasteiger partial charge in [0.1, 0.15) is 11.5 Å². The molecule has 1 N–H and O–H groups in total. The first kappa shape index (κ1) is 18.9. The fraction of sp³-hybridized carbons (Fsp3) is 0.409. The lowest BCUT2D eigenvalue weighted by Gasteiger charge is -2.28. The largest absolute Gasteiger partial charge is 0.497 e. The Morgan fingerprint density at radius 1 is 1.11 bits per heavy atom. The van der Waals surface area contributed by atoms with Gasteiger partial charge in [-0.15, -0.1) is 0 Å². The molecule has 1 saturated heterocycles. The summed E-state index contributed by atoms with van der Waals surface area (Å²) in [4.78, 5) is 15.1. The number of fused-ring (bicyclic) bond motifs is 1. The third-order valence-corrected chi connectivity index (χ3v) is 6.03. The van der Waals surface area contributed by atoms with E-state index in [2.05, 4.69) is 5.32 Å². The molecule has 6 heteroatoms. The minimum atomic E-state index is -0.0276. The molecule has 148 valence electrons. The van der Waals surface area contributed by atoms with Gasteiger partial charge in [-0.05, 0) is 67.1 Å². The molecule has 2 atom stereocenters. The van der Waals surface area contributed by atoms with Gasteiger partial charge in [-0.25, -0.2) is 4.79 Å².